The van der Waals surface area contributed by atoms with Crippen molar-refractivity contribution < 1.29 is 19.4 Å². The van der Waals surface area contributed by atoms with Crippen molar-refractivity contribution in [2.45, 2.75) is 19.4 Å². The molecule has 1 aliphatic rings. The molecule has 1 fully saturated rings. The Labute approximate surface area is 152 Å². The van der Waals surface area contributed by atoms with Crippen molar-refractivity contribution in [3.05, 3.63) is 59.7 Å². The fraction of sp³-hybridized carbons (Fsp3) is 0.300. The van der Waals surface area contributed by atoms with E-state index in [0.717, 1.165) is 5.56 Å². The van der Waals surface area contributed by atoms with Crippen LogP contribution in [0, 0.1) is 5.92 Å². The number of ether oxygens (including phenoxy) is 1. The zero-order valence-electron chi connectivity index (χ0n) is 14.4. The van der Waals surface area contributed by atoms with Crippen LogP contribution in [0.25, 0.3) is 0 Å². The van der Waals surface area contributed by atoms with Gasteiger partial charge in [0.1, 0.15) is 18.1 Å². The lowest BCUT2D eigenvalue weighted by molar-refractivity contribution is -0.123. The minimum Gasteiger partial charge on any atom is -0.507 e. The van der Waals surface area contributed by atoms with Crippen molar-refractivity contribution in [2.75, 3.05) is 13.1 Å². The Morgan fingerprint density at radius 1 is 1.19 bits per heavy atom. The Balaban J connectivity index is 1.72. The average Bonchev–Trinajstić information content (AvgIpc) is 2.67. The standard InChI is InChI=1S/C20H22N2O4/c21-19(24)15-7-4-10-22(12-15)20(25)17-11-16(8-9-18(17)23)26-13-14-5-2-1-3-6-14/h1-3,5-6,8-9,11,15,23H,4,7,10,12-13H2,(H2,21,24)/t15-/m0/s1. The summed E-state index contributed by atoms with van der Waals surface area (Å²) in [5.41, 5.74) is 6.55. The first-order chi connectivity index (χ1) is 12.5. The molecular formula is C20H22N2O4. The van der Waals surface area contributed by atoms with Crippen LogP contribution in [0.4, 0.5) is 0 Å². The minimum atomic E-state index is -0.397. The summed E-state index contributed by atoms with van der Waals surface area (Å²) in [5.74, 6) is -0.667. The van der Waals surface area contributed by atoms with Crippen LogP contribution in [0.1, 0.15) is 28.8 Å². The van der Waals surface area contributed by atoms with Crippen molar-refractivity contribution in [2.24, 2.45) is 11.7 Å². The third kappa shape index (κ3) is 4.14. The van der Waals surface area contributed by atoms with Gasteiger partial charge in [0, 0.05) is 13.1 Å². The Morgan fingerprint density at radius 3 is 2.69 bits per heavy atom. The highest BCUT2D eigenvalue weighted by Crippen LogP contribution is 2.27. The Hall–Kier alpha value is -3.02. The smallest absolute Gasteiger partial charge is 0.257 e. The van der Waals surface area contributed by atoms with E-state index in [1.165, 1.54) is 12.1 Å². The normalized spacial score (nSPS) is 16.9. The maximum Gasteiger partial charge on any atom is 0.257 e. The average molecular weight is 354 g/mol. The van der Waals surface area contributed by atoms with Crippen LogP contribution >= 0.6 is 0 Å². The lowest BCUT2D eigenvalue weighted by Crippen LogP contribution is -2.44. The van der Waals surface area contributed by atoms with E-state index in [4.69, 9.17) is 10.5 Å². The van der Waals surface area contributed by atoms with Crippen molar-refractivity contribution >= 4 is 11.8 Å². The quantitative estimate of drug-likeness (QED) is 0.862. The molecule has 1 aliphatic heterocycles. The summed E-state index contributed by atoms with van der Waals surface area (Å²) in [7, 11) is 0. The van der Waals surface area contributed by atoms with Gasteiger partial charge in [0.25, 0.3) is 5.91 Å². The lowest BCUT2D eigenvalue weighted by atomic mass is 9.97. The van der Waals surface area contributed by atoms with Gasteiger partial charge in [-0.25, -0.2) is 0 Å². The molecule has 0 bridgehead atoms. The molecule has 0 spiro atoms. The van der Waals surface area contributed by atoms with Gasteiger partial charge in [-0.3, -0.25) is 9.59 Å². The molecule has 2 aromatic rings. The summed E-state index contributed by atoms with van der Waals surface area (Å²) < 4.78 is 5.73. The second kappa shape index (κ2) is 7.91. The lowest BCUT2D eigenvalue weighted by Gasteiger charge is -2.31. The molecule has 3 rings (SSSR count). The third-order valence-electron chi connectivity index (χ3n) is 4.56. The van der Waals surface area contributed by atoms with Crippen molar-refractivity contribution in [3.63, 3.8) is 0 Å². The van der Waals surface area contributed by atoms with Crippen LogP contribution in [0.3, 0.4) is 0 Å². The third-order valence-corrected chi connectivity index (χ3v) is 4.56. The van der Waals surface area contributed by atoms with Crippen LogP contribution in [0.15, 0.2) is 48.5 Å². The molecule has 0 unspecified atom stereocenters. The molecule has 3 N–H and O–H groups in total. The summed E-state index contributed by atoms with van der Waals surface area (Å²) in [6.07, 6.45) is 1.40. The van der Waals surface area contributed by atoms with E-state index >= 15 is 0 Å². The Bertz CT molecular complexity index is 792. The van der Waals surface area contributed by atoms with Crippen molar-refractivity contribution in [3.8, 4) is 11.5 Å². The number of phenolic OH excluding ortho intramolecular Hbond substituents is 1. The van der Waals surface area contributed by atoms with E-state index in [1.807, 2.05) is 30.3 Å². The summed E-state index contributed by atoms with van der Waals surface area (Å²) in [5, 5.41) is 10.1. The number of nitrogens with zero attached hydrogens (tertiary/aromatic N) is 1. The van der Waals surface area contributed by atoms with Crippen molar-refractivity contribution in [1.82, 2.24) is 4.90 Å². The van der Waals surface area contributed by atoms with E-state index in [2.05, 4.69) is 0 Å². The molecule has 136 valence electrons. The number of rotatable bonds is 5. The Kier molecular flexibility index (Phi) is 5.41. The molecule has 2 amide bonds. The number of carbonyl (C=O) groups is 2. The van der Waals surface area contributed by atoms with Crippen LogP contribution in [-0.4, -0.2) is 34.9 Å². The van der Waals surface area contributed by atoms with Crippen LogP contribution in [0.5, 0.6) is 11.5 Å². The maximum absolute atomic E-state index is 12.8. The molecule has 6 heteroatoms. The fourth-order valence-corrected chi connectivity index (χ4v) is 3.08. The largest absolute Gasteiger partial charge is 0.507 e. The van der Waals surface area contributed by atoms with Crippen LogP contribution in [-0.2, 0) is 11.4 Å². The fourth-order valence-electron chi connectivity index (χ4n) is 3.08. The minimum absolute atomic E-state index is 0.108. The number of hydrogen-bond acceptors (Lipinski definition) is 4. The first-order valence-electron chi connectivity index (χ1n) is 8.63. The highest BCUT2D eigenvalue weighted by atomic mass is 16.5. The SMILES string of the molecule is NC(=O)[C@H]1CCCN(C(=O)c2cc(OCc3ccccc3)ccc2O)C1. The van der Waals surface area contributed by atoms with Gasteiger partial charge in [-0.2, -0.15) is 0 Å². The van der Waals surface area contributed by atoms with E-state index in [-0.39, 0.29) is 29.7 Å². The topological polar surface area (TPSA) is 92.9 Å². The highest BCUT2D eigenvalue weighted by Gasteiger charge is 2.28. The van der Waals surface area contributed by atoms with Gasteiger partial charge in [0.2, 0.25) is 5.91 Å². The highest BCUT2D eigenvalue weighted by molar-refractivity contribution is 5.97. The first-order valence-corrected chi connectivity index (χ1v) is 8.63. The number of piperidine rings is 1. The van der Waals surface area contributed by atoms with Gasteiger partial charge < -0.3 is 20.5 Å². The molecule has 0 aromatic heterocycles. The predicted molar refractivity (Wildman–Crippen MR) is 96.7 cm³/mol. The first kappa shape index (κ1) is 17.8. The molecule has 2 aromatic carbocycles. The second-order valence-electron chi connectivity index (χ2n) is 6.45. The number of carbonyl (C=O) groups excluding carboxylic acids is 2. The number of likely N-dealkylation sites (tertiary alicyclic amines) is 1. The molecule has 6 nitrogen and oxygen atoms in total. The molecule has 0 saturated carbocycles. The molecule has 1 saturated heterocycles. The number of amides is 2. The van der Waals surface area contributed by atoms with E-state index in [9.17, 15) is 14.7 Å². The number of phenols is 1. The summed E-state index contributed by atoms with van der Waals surface area (Å²) in [4.78, 5) is 25.8. The molecule has 1 atom stereocenters. The van der Waals surface area contributed by atoms with Gasteiger partial charge in [0.05, 0.1) is 11.5 Å². The van der Waals surface area contributed by atoms with Crippen molar-refractivity contribution in [1.29, 1.82) is 0 Å². The predicted octanol–water partition coefficient (Wildman–Crippen LogP) is 2.31. The van der Waals surface area contributed by atoms with Gasteiger partial charge in [-0.1, -0.05) is 30.3 Å². The summed E-state index contributed by atoms with van der Waals surface area (Å²) >= 11 is 0. The van der Waals surface area contributed by atoms with Gasteiger partial charge in [-0.05, 0) is 36.6 Å². The van der Waals surface area contributed by atoms with E-state index < -0.39 is 5.91 Å². The van der Waals surface area contributed by atoms with E-state index in [1.54, 1.807) is 11.0 Å². The summed E-state index contributed by atoms with van der Waals surface area (Å²) in [6.45, 7) is 1.19. The van der Waals surface area contributed by atoms with Gasteiger partial charge in [-0.15, -0.1) is 0 Å². The molecule has 0 radical (unpaired) electrons. The zero-order chi connectivity index (χ0) is 18.5. The summed E-state index contributed by atoms with van der Waals surface area (Å²) in [6, 6.07) is 14.3. The number of primary amides is 1. The number of benzene rings is 2. The molecule has 1 heterocycles. The number of aromatic hydroxyl groups is 1. The molecular weight excluding hydrogens is 332 g/mol. The molecule has 0 aliphatic carbocycles. The molecule has 26 heavy (non-hydrogen) atoms. The van der Waals surface area contributed by atoms with Crippen LogP contribution in [0.2, 0.25) is 0 Å². The van der Waals surface area contributed by atoms with Gasteiger partial charge in [0.15, 0.2) is 0 Å². The maximum atomic E-state index is 12.8. The zero-order valence-corrected chi connectivity index (χ0v) is 14.4. The van der Waals surface area contributed by atoms with Gasteiger partial charge >= 0.3 is 0 Å². The van der Waals surface area contributed by atoms with Crippen LogP contribution < -0.4 is 10.5 Å². The number of nitrogens with two attached hydrogens (primary N) is 1. The van der Waals surface area contributed by atoms with E-state index in [0.29, 0.717) is 31.7 Å². The number of hydrogen-bond donors (Lipinski definition) is 2. The second-order valence-corrected chi connectivity index (χ2v) is 6.45. The monoisotopic (exact) mass is 354 g/mol. The Morgan fingerprint density at radius 2 is 1.96 bits per heavy atom.